The molecule has 3 aliphatic rings. The Morgan fingerprint density at radius 1 is 1.11 bits per heavy atom. The van der Waals surface area contributed by atoms with Gasteiger partial charge in [-0.25, -0.2) is 30.7 Å². The van der Waals surface area contributed by atoms with E-state index in [1.807, 2.05) is 0 Å². The largest absolute Gasteiger partial charge is 0.359 e. The molecule has 36 heavy (non-hydrogen) atoms. The summed E-state index contributed by atoms with van der Waals surface area (Å²) < 4.78 is 88.7. The fraction of sp³-hybridized carbons (Fsp3) is 0.480. The van der Waals surface area contributed by atoms with E-state index in [0.29, 0.717) is 24.0 Å². The van der Waals surface area contributed by atoms with Crippen LogP contribution in [0.5, 0.6) is 0 Å². The molecule has 11 heteroatoms. The number of carbonyl (C=O) groups excluding carboxylic acids is 1. The van der Waals surface area contributed by atoms with E-state index in [1.54, 1.807) is 42.5 Å². The molecule has 2 aromatic carbocycles. The number of alkyl halides is 3. The second-order valence-corrected chi connectivity index (χ2v) is 11.5. The highest BCUT2D eigenvalue weighted by Crippen LogP contribution is 2.56. The molecule has 2 aliphatic heterocycles. The second kappa shape index (κ2) is 9.11. The summed E-state index contributed by atoms with van der Waals surface area (Å²) in [7, 11) is -4.34. The molecule has 0 aromatic heterocycles. The number of benzene rings is 2. The van der Waals surface area contributed by atoms with Gasteiger partial charge in [-0.15, -0.1) is 0 Å². The molecule has 2 aromatic rings. The minimum Gasteiger partial charge on any atom is -0.359 e. The molecule has 1 spiro atoms. The number of ether oxygens (including phenoxy) is 1. The third-order valence-electron chi connectivity index (χ3n) is 7.67. The molecule has 3 fully saturated rings. The van der Waals surface area contributed by atoms with Crippen LogP contribution in [0.25, 0.3) is 11.1 Å². The van der Waals surface area contributed by atoms with Gasteiger partial charge in [0, 0.05) is 30.0 Å². The zero-order chi connectivity index (χ0) is 25.7. The van der Waals surface area contributed by atoms with Gasteiger partial charge in [-0.1, -0.05) is 48.5 Å². The van der Waals surface area contributed by atoms with Gasteiger partial charge in [-0.3, -0.25) is 4.79 Å². The van der Waals surface area contributed by atoms with Gasteiger partial charge in [0.25, 0.3) is 12.3 Å². The Hall–Kier alpha value is -2.50. The summed E-state index contributed by atoms with van der Waals surface area (Å²) in [6.45, 7) is 0.0131. The van der Waals surface area contributed by atoms with Gasteiger partial charge >= 0.3 is 0 Å². The van der Waals surface area contributed by atoms with Gasteiger partial charge in [0.1, 0.15) is 5.82 Å². The molecule has 1 aliphatic carbocycles. The second-order valence-electron chi connectivity index (χ2n) is 9.82. The van der Waals surface area contributed by atoms with Crippen LogP contribution in [0, 0.1) is 11.2 Å². The van der Waals surface area contributed by atoms with Crippen molar-refractivity contribution in [1.82, 2.24) is 9.62 Å². The molecular weight excluding hydrogens is 500 g/mol. The number of hydrogen-bond acceptors (Lipinski definition) is 4. The number of nitrogens with zero attached hydrogens (tertiary/aromatic N) is 1. The maximum atomic E-state index is 15.7. The molecule has 6 nitrogen and oxygen atoms in total. The lowest BCUT2D eigenvalue weighted by Gasteiger charge is -2.43. The zero-order valence-electron chi connectivity index (χ0n) is 19.3. The number of nitrogens with one attached hydrogen (secondary N) is 1. The van der Waals surface area contributed by atoms with Gasteiger partial charge in [-0.05, 0) is 30.4 Å². The average Bonchev–Trinajstić information content (AvgIpc) is 3.55. The average molecular weight is 527 g/mol. The number of amides is 1. The van der Waals surface area contributed by atoms with Crippen LogP contribution >= 0.6 is 0 Å². The molecule has 0 radical (unpaired) electrons. The summed E-state index contributed by atoms with van der Waals surface area (Å²) in [6, 6.07) is 9.96. The van der Waals surface area contributed by atoms with E-state index in [9.17, 15) is 26.4 Å². The Kier molecular flexibility index (Phi) is 6.37. The molecule has 0 bridgehead atoms. The first-order valence-electron chi connectivity index (χ1n) is 11.7. The van der Waals surface area contributed by atoms with E-state index in [0.717, 1.165) is 0 Å². The molecule has 1 N–H and O–H groups in total. The van der Waals surface area contributed by atoms with E-state index in [1.165, 1.54) is 11.0 Å². The highest BCUT2D eigenvalue weighted by molar-refractivity contribution is 7.89. The predicted molar refractivity (Wildman–Crippen MR) is 124 cm³/mol. The molecule has 5 rings (SSSR count). The number of sulfonamides is 1. The normalized spacial score (nSPS) is 26.9. The molecule has 1 saturated carbocycles. The number of rotatable bonds is 8. The van der Waals surface area contributed by atoms with Crippen molar-refractivity contribution >= 4 is 15.9 Å². The smallest absolute Gasteiger partial charge is 0.276 e. The first-order valence-corrected chi connectivity index (χ1v) is 13.4. The topological polar surface area (TPSA) is 75.7 Å². The van der Waals surface area contributed by atoms with E-state index in [-0.39, 0.29) is 31.6 Å². The Labute approximate surface area is 206 Å². The zero-order valence-corrected chi connectivity index (χ0v) is 20.1. The number of carbonyl (C=O) groups is 1. The molecule has 1 amide bonds. The molecule has 194 valence electrons. The Morgan fingerprint density at radius 2 is 1.81 bits per heavy atom. The maximum Gasteiger partial charge on any atom is 0.276 e. The van der Waals surface area contributed by atoms with Crippen molar-refractivity contribution in [3.63, 3.8) is 0 Å². The summed E-state index contributed by atoms with van der Waals surface area (Å²) in [5.74, 6) is -1.50. The van der Waals surface area contributed by atoms with Crippen molar-refractivity contribution in [3.05, 3.63) is 59.9 Å². The van der Waals surface area contributed by atoms with Crippen LogP contribution in [0.3, 0.4) is 0 Å². The predicted octanol–water partition coefficient (Wildman–Crippen LogP) is 3.67. The summed E-state index contributed by atoms with van der Waals surface area (Å²) in [5.41, 5.74) is -1.88. The van der Waals surface area contributed by atoms with Crippen molar-refractivity contribution < 1.29 is 35.5 Å². The Balaban J connectivity index is 1.54. The van der Waals surface area contributed by atoms with Crippen molar-refractivity contribution in [2.24, 2.45) is 5.41 Å². The van der Waals surface area contributed by atoms with E-state index in [4.69, 9.17) is 4.74 Å². The number of hydrogen-bond donors (Lipinski definition) is 1. The Morgan fingerprint density at radius 3 is 2.36 bits per heavy atom. The molecule has 2 saturated heterocycles. The highest BCUT2D eigenvalue weighted by atomic mass is 32.2. The minimum atomic E-state index is -4.34. The summed E-state index contributed by atoms with van der Waals surface area (Å²) in [4.78, 5) is 14.6. The fourth-order valence-electron chi connectivity index (χ4n) is 5.45. The number of likely N-dealkylation sites (tertiary alicyclic amines) is 1. The van der Waals surface area contributed by atoms with Crippen LogP contribution in [0.1, 0.15) is 24.8 Å². The van der Waals surface area contributed by atoms with Gasteiger partial charge in [0.05, 0.1) is 12.6 Å². The summed E-state index contributed by atoms with van der Waals surface area (Å²) >= 11 is 0. The molecule has 3 unspecified atom stereocenters. The SMILES string of the molecule is O=C(N1CC2(CC2)C(NS(=O)(=O)CF)C1Cc1cccc(-c2ccccc2)c1F)C1(C(F)F)CCO1. The van der Waals surface area contributed by atoms with Crippen LogP contribution in [0.4, 0.5) is 17.6 Å². The fourth-order valence-corrected chi connectivity index (χ4v) is 6.31. The molecular formula is C25H26F4N2O4S. The van der Waals surface area contributed by atoms with Crippen LogP contribution in [-0.2, 0) is 26.0 Å². The maximum absolute atomic E-state index is 15.7. The lowest BCUT2D eigenvalue weighted by Crippen LogP contribution is -2.63. The van der Waals surface area contributed by atoms with Crippen molar-refractivity contribution in [3.8, 4) is 11.1 Å². The minimum absolute atomic E-state index is 0.00534. The third kappa shape index (κ3) is 4.20. The standard InChI is InChI=1S/C25H26F4N2O4S/c26-15-36(33,34)30-21-19(13-17-7-4-8-18(20(17)27)16-5-2-1-3-6-16)31(14-24(21)9-10-24)23(32)25(22(28)29)11-12-35-25/h1-8,19,21-22,30H,9-15H2. The van der Waals surface area contributed by atoms with Gasteiger partial charge < -0.3 is 9.64 Å². The van der Waals surface area contributed by atoms with Gasteiger partial charge in [-0.2, -0.15) is 0 Å². The highest BCUT2D eigenvalue weighted by Gasteiger charge is 2.65. The lowest BCUT2D eigenvalue weighted by molar-refractivity contribution is -0.225. The third-order valence-corrected chi connectivity index (χ3v) is 8.57. The number of halogens is 4. The van der Waals surface area contributed by atoms with E-state index >= 15 is 4.39 Å². The van der Waals surface area contributed by atoms with Crippen molar-refractivity contribution in [2.45, 2.75) is 49.8 Å². The molecule has 3 atom stereocenters. The van der Waals surface area contributed by atoms with Gasteiger partial charge in [0.2, 0.25) is 21.6 Å². The lowest BCUT2D eigenvalue weighted by atomic mass is 9.90. The van der Waals surface area contributed by atoms with Crippen LogP contribution < -0.4 is 4.72 Å². The first kappa shape index (κ1) is 25.2. The van der Waals surface area contributed by atoms with Crippen molar-refractivity contribution in [2.75, 3.05) is 19.2 Å². The summed E-state index contributed by atoms with van der Waals surface area (Å²) in [5, 5.41) is 0. The van der Waals surface area contributed by atoms with E-state index in [2.05, 4.69) is 4.72 Å². The van der Waals surface area contributed by atoms with Crippen molar-refractivity contribution in [1.29, 1.82) is 0 Å². The van der Waals surface area contributed by atoms with E-state index < -0.39 is 57.3 Å². The monoisotopic (exact) mass is 526 g/mol. The Bertz CT molecular complexity index is 1250. The quantitative estimate of drug-likeness (QED) is 0.533. The van der Waals surface area contributed by atoms with Crippen LogP contribution in [0.15, 0.2) is 48.5 Å². The van der Waals surface area contributed by atoms with Gasteiger partial charge in [0.15, 0.2) is 0 Å². The van der Waals surface area contributed by atoms with Crippen LogP contribution in [0.2, 0.25) is 0 Å². The van der Waals surface area contributed by atoms with Crippen LogP contribution in [-0.4, -0.2) is 62.5 Å². The first-order chi connectivity index (χ1) is 17.1. The molecule has 2 heterocycles. The summed E-state index contributed by atoms with van der Waals surface area (Å²) in [6.07, 6.45) is -2.32.